The number of aromatic nitrogens is 2. The SMILES string of the molecule is Cc1ccc(C2C(C#N)=C(N)N(c3nnc(SCC(=O)Nc4cccc(C)c4C)s3)C3=C2C(=O)CC(C)(C)C3)cc1. The molecule has 5 rings (SSSR count). The van der Waals surface area contributed by atoms with Crippen LogP contribution < -0.4 is 16.0 Å². The van der Waals surface area contributed by atoms with Gasteiger partial charge < -0.3 is 11.1 Å². The standard InChI is InChI=1S/C31H32N6O2S2/c1-17-9-11-20(12-10-17)26-21(15-32)28(33)37(23-13-31(4,5)14-24(38)27(23)26)29-35-36-30(41-29)40-16-25(39)34-22-8-6-7-18(2)19(22)3/h6-12,26H,13-14,16,33H2,1-5H3,(H,34,39). The van der Waals surface area contributed by atoms with Crippen molar-refractivity contribution >= 4 is 45.6 Å². The molecule has 41 heavy (non-hydrogen) atoms. The molecule has 0 spiro atoms. The molecule has 0 fully saturated rings. The number of Topliss-reactive ketones (excluding diaryl/α,β-unsaturated/α-hetero) is 1. The zero-order chi connectivity index (χ0) is 29.5. The topological polar surface area (TPSA) is 125 Å². The Morgan fingerprint density at radius 1 is 1.17 bits per heavy atom. The summed E-state index contributed by atoms with van der Waals surface area (Å²) in [6, 6.07) is 16.0. The van der Waals surface area contributed by atoms with Gasteiger partial charge in [0.15, 0.2) is 10.1 Å². The Bertz CT molecular complexity index is 1650. The second-order valence-corrected chi connectivity index (χ2v) is 13.5. The Kier molecular flexibility index (Phi) is 7.77. The molecule has 8 nitrogen and oxygen atoms in total. The maximum absolute atomic E-state index is 13.7. The van der Waals surface area contributed by atoms with E-state index in [9.17, 15) is 14.9 Å². The minimum Gasteiger partial charge on any atom is -0.384 e. The van der Waals surface area contributed by atoms with Crippen molar-refractivity contribution < 1.29 is 9.59 Å². The number of carbonyl (C=O) groups excluding carboxylic acids is 2. The van der Waals surface area contributed by atoms with Crippen LogP contribution in [0.4, 0.5) is 10.8 Å². The smallest absolute Gasteiger partial charge is 0.234 e. The van der Waals surface area contributed by atoms with Gasteiger partial charge in [-0.15, -0.1) is 10.2 Å². The maximum Gasteiger partial charge on any atom is 0.234 e. The number of nitrogens with zero attached hydrogens (tertiary/aromatic N) is 4. The van der Waals surface area contributed by atoms with Gasteiger partial charge in [-0.1, -0.05) is 78.9 Å². The van der Waals surface area contributed by atoms with E-state index in [0.29, 0.717) is 33.5 Å². The third-order valence-electron chi connectivity index (χ3n) is 7.58. The van der Waals surface area contributed by atoms with Crippen molar-refractivity contribution in [3.05, 3.63) is 87.4 Å². The number of carbonyl (C=O) groups is 2. The van der Waals surface area contributed by atoms with E-state index in [1.807, 2.05) is 63.2 Å². The molecular weight excluding hydrogens is 553 g/mol. The van der Waals surface area contributed by atoms with Gasteiger partial charge in [0.05, 0.1) is 23.3 Å². The van der Waals surface area contributed by atoms with Gasteiger partial charge in [0.2, 0.25) is 11.0 Å². The van der Waals surface area contributed by atoms with Crippen LogP contribution in [0.1, 0.15) is 54.9 Å². The van der Waals surface area contributed by atoms with Crippen LogP contribution in [0.15, 0.2) is 69.5 Å². The largest absolute Gasteiger partial charge is 0.384 e. The first-order valence-electron chi connectivity index (χ1n) is 13.3. The number of benzene rings is 2. The second kappa shape index (κ2) is 11.1. The van der Waals surface area contributed by atoms with E-state index in [0.717, 1.165) is 33.6 Å². The minimum atomic E-state index is -0.536. The summed E-state index contributed by atoms with van der Waals surface area (Å²) < 4.78 is 0.589. The number of ketones is 1. The van der Waals surface area contributed by atoms with Gasteiger partial charge in [0.1, 0.15) is 5.82 Å². The van der Waals surface area contributed by atoms with E-state index in [1.54, 1.807) is 4.90 Å². The highest BCUT2D eigenvalue weighted by Crippen LogP contribution is 2.50. The van der Waals surface area contributed by atoms with Crippen LogP contribution in [-0.4, -0.2) is 27.6 Å². The average Bonchev–Trinajstić information content (AvgIpc) is 3.38. The second-order valence-electron chi connectivity index (χ2n) is 11.3. The quantitative estimate of drug-likeness (QED) is 0.331. The number of nitriles is 1. The average molecular weight is 585 g/mol. The van der Waals surface area contributed by atoms with E-state index in [2.05, 4.69) is 35.4 Å². The predicted octanol–water partition coefficient (Wildman–Crippen LogP) is 6.14. The highest BCUT2D eigenvalue weighted by atomic mass is 32.2. The summed E-state index contributed by atoms with van der Waals surface area (Å²) in [6.07, 6.45) is 0.976. The Morgan fingerprint density at radius 3 is 2.61 bits per heavy atom. The summed E-state index contributed by atoms with van der Waals surface area (Å²) in [5.74, 6) is -0.260. The number of allylic oxidation sites excluding steroid dienone is 3. The third kappa shape index (κ3) is 5.65. The summed E-state index contributed by atoms with van der Waals surface area (Å²) in [5.41, 5.74) is 13.0. The number of nitrogens with one attached hydrogen (secondary N) is 1. The number of hydrogen-bond acceptors (Lipinski definition) is 9. The van der Waals surface area contributed by atoms with Crippen molar-refractivity contribution in [2.24, 2.45) is 11.1 Å². The lowest BCUT2D eigenvalue weighted by Crippen LogP contribution is -2.42. The molecule has 3 N–H and O–H groups in total. The van der Waals surface area contributed by atoms with Crippen LogP contribution >= 0.6 is 23.1 Å². The number of hydrogen-bond donors (Lipinski definition) is 2. The summed E-state index contributed by atoms with van der Waals surface area (Å²) in [7, 11) is 0. The van der Waals surface area contributed by atoms with Gasteiger partial charge in [0.25, 0.3) is 0 Å². The number of anilines is 2. The number of aryl methyl sites for hydroxylation is 2. The van der Waals surface area contributed by atoms with Crippen LogP contribution in [0, 0.1) is 37.5 Å². The van der Waals surface area contributed by atoms with Crippen molar-refractivity contribution in [3.8, 4) is 6.07 Å². The molecule has 1 aliphatic carbocycles. The summed E-state index contributed by atoms with van der Waals surface area (Å²) >= 11 is 2.56. The molecule has 1 aliphatic heterocycles. The third-order valence-corrected chi connectivity index (χ3v) is 9.63. The molecule has 0 saturated heterocycles. The van der Waals surface area contributed by atoms with Crippen LogP contribution in [-0.2, 0) is 9.59 Å². The molecule has 0 radical (unpaired) electrons. The van der Waals surface area contributed by atoms with Crippen molar-refractivity contribution in [2.45, 2.75) is 57.7 Å². The molecule has 2 aliphatic rings. The van der Waals surface area contributed by atoms with Crippen LogP contribution in [0.5, 0.6) is 0 Å². The zero-order valence-electron chi connectivity index (χ0n) is 23.7. The number of nitrogens with two attached hydrogens (primary N) is 1. The molecule has 3 aromatic rings. The summed E-state index contributed by atoms with van der Waals surface area (Å²) in [5, 5.41) is 22.4. The highest BCUT2D eigenvalue weighted by molar-refractivity contribution is 8.01. The molecular formula is C31H32N6O2S2. The van der Waals surface area contributed by atoms with Crippen LogP contribution in [0.25, 0.3) is 0 Å². The molecule has 1 aromatic heterocycles. The number of rotatable bonds is 6. The fourth-order valence-corrected chi connectivity index (χ4v) is 7.05. The van der Waals surface area contributed by atoms with Gasteiger partial charge in [-0.3, -0.25) is 14.5 Å². The minimum absolute atomic E-state index is 0.00861. The number of amides is 1. The first-order chi connectivity index (χ1) is 19.5. The van der Waals surface area contributed by atoms with Crippen molar-refractivity contribution in [1.82, 2.24) is 10.2 Å². The Morgan fingerprint density at radius 2 is 1.90 bits per heavy atom. The van der Waals surface area contributed by atoms with Gasteiger partial charge in [-0.2, -0.15) is 5.26 Å². The lowest BCUT2D eigenvalue weighted by molar-refractivity contribution is -0.118. The van der Waals surface area contributed by atoms with E-state index in [1.165, 1.54) is 23.1 Å². The fraction of sp³-hybridized carbons (Fsp3) is 0.323. The molecule has 210 valence electrons. The molecule has 10 heteroatoms. The normalized spacial score (nSPS) is 18.3. The molecule has 1 unspecified atom stereocenters. The Labute approximate surface area is 248 Å². The number of thioether (sulfide) groups is 1. The molecule has 2 heterocycles. The maximum atomic E-state index is 13.7. The lowest BCUT2D eigenvalue weighted by Gasteiger charge is -2.42. The monoisotopic (exact) mass is 584 g/mol. The Hall–Kier alpha value is -3.94. The van der Waals surface area contributed by atoms with Crippen molar-refractivity contribution in [2.75, 3.05) is 16.0 Å². The molecule has 2 aromatic carbocycles. The summed E-state index contributed by atoms with van der Waals surface area (Å²) in [4.78, 5) is 28.1. The van der Waals surface area contributed by atoms with Gasteiger partial charge in [-0.25, -0.2) is 0 Å². The van der Waals surface area contributed by atoms with E-state index in [4.69, 9.17) is 5.73 Å². The van der Waals surface area contributed by atoms with Crippen LogP contribution in [0.3, 0.4) is 0 Å². The van der Waals surface area contributed by atoms with Gasteiger partial charge in [0, 0.05) is 23.4 Å². The molecule has 1 atom stereocenters. The van der Waals surface area contributed by atoms with Crippen molar-refractivity contribution in [3.63, 3.8) is 0 Å². The van der Waals surface area contributed by atoms with Gasteiger partial charge >= 0.3 is 0 Å². The zero-order valence-corrected chi connectivity index (χ0v) is 25.4. The first kappa shape index (κ1) is 28.6. The first-order valence-corrected chi connectivity index (χ1v) is 15.1. The molecule has 1 amide bonds. The van der Waals surface area contributed by atoms with E-state index < -0.39 is 5.92 Å². The van der Waals surface area contributed by atoms with E-state index in [-0.39, 0.29) is 28.7 Å². The van der Waals surface area contributed by atoms with E-state index >= 15 is 0 Å². The highest BCUT2D eigenvalue weighted by Gasteiger charge is 2.45. The lowest BCUT2D eigenvalue weighted by atomic mass is 9.68. The fourth-order valence-electron chi connectivity index (χ4n) is 5.37. The van der Waals surface area contributed by atoms with Gasteiger partial charge in [-0.05, 0) is 55.4 Å². The molecule has 0 bridgehead atoms. The van der Waals surface area contributed by atoms with Crippen LogP contribution in [0.2, 0.25) is 0 Å². The predicted molar refractivity (Wildman–Crippen MR) is 163 cm³/mol. The summed E-state index contributed by atoms with van der Waals surface area (Å²) in [6.45, 7) is 10.1. The molecule has 0 saturated carbocycles. The van der Waals surface area contributed by atoms with Crippen molar-refractivity contribution in [1.29, 1.82) is 5.26 Å². The Balaban J connectivity index is 1.46.